The first-order valence-corrected chi connectivity index (χ1v) is 14.9. The molecular formula is C31H32F4N8O2. The number of rotatable bonds is 7. The average Bonchev–Trinajstić information content (AvgIpc) is 3.74. The van der Waals surface area contributed by atoms with Gasteiger partial charge in [-0.05, 0) is 48.2 Å². The normalized spacial score (nSPS) is 18.2. The van der Waals surface area contributed by atoms with Crippen molar-refractivity contribution in [3.8, 4) is 11.1 Å². The molecule has 0 atom stereocenters. The van der Waals surface area contributed by atoms with Gasteiger partial charge in [-0.2, -0.15) is 13.2 Å². The highest BCUT2D eigenvalue weighted by Crippen LogP contribution is 2.42. The van der Waals surface area contributed by atoms with Gasteiger partial charge in [0.15, 0.2) is 0 Å². The van der Waals surface area contributed by atoms with Crippen molar-refractivity contribution >= 4 is 34.3 Å². The fraction of sp³-hybridized carbons (Fsp3) is 0.387. The van der Waals surface area contributed by atoms with Crippen LogP contribution < -0.4 is 16.4 Å². The number of carbonyl (C=O) groups is 1. The summed E-state index contributed by atoms with van der Waals surface area (Å²) >= 11 is 0. The number of alkyl halides is 3. The maximum absolute atomic E-state index is 15.2. The summed E-state index contributed by atoms with van der Waals surface area (Å²) in [6, 6.07) is 7.85. The number of fused-ring (bicyclic) bond motifs is 1. The minimum atomic E-state index is -4.62. The number of nitrogen functional groups attached to an aromatic ring is 1. The predicted octanol–water partition coefficient (Wildman–Crippen LogP) is 5.33. The molecule has 4 aromatic rings. The zero-order valence-electron chi connectivity index (χ0n) is 24.3. The Balaban J connectivity index is 1.04. The number of carbonyl (C=O) groups excluding carboxylic acids is 1. The van der Waals surface area contributed by atoms with Gasteiger partial charge in [-0.15, -0.1) is 0 Å². The molecule has 2 aliphatic heterocycles. The van der Waals surface area contributed by atoms with Crippen LogP contribution in [0.2, 0.25) is 0 Å². The number of nitrogens with two attached hydrogens (primary N) is 1. The number of ether oxygens (including phenoxy) is 1. The molecule has 2 saturated heterocycles. The molecule has 236 valence electrons. The first-order valence-electron chi connectivity index (χ1n) is 14.9. The second-order valence-corrected chi connectivity index (χ2v) is 11.8. The lowest BCUT2D eigenvalue weighted by atomic mass is 10.0. The van der Waals surface area contributed by atoms with E-state index in [-0.39, 0.29) is 29.3 Å². The third kappa shape index (κ3) is 6.04. The molecule has 3 fully saturated rings. The lowest BCUT2D eigenvalue weighted by molar-refractivity contribution is -0.138. The van der Waals surface area contributed by atoms with Crippen LogP contribution in [-0.4, -0.2) is 75.8 Å². The van der Waals surface area contributed by atoms with Gasteiger partial charge < -0.3 is 25.7 Å². The monoisotopic (exact) mass is 624 g/mol. The molecule has 45 heavy (non-hydrogen) atoms. The predicted molar refractivity (Wildman–Crippen MR) is 161 cm³/mol. The summed E-state index contributed by atoms with van der Waals surface area (Å²) in [5.74, 6) is -0.440. The number of halogens is 4. The molecule has 1 aliphatic carbocycles. The van der Waals surface area contributed by atoms with E-state index in [0.717, 1.165) is 32.0 Å². The topological polar surface area (TPSA) is 114 Å². The second kappa shape index (κ2) is 11.6. The van der Waals surface area contributed by atoms with Gasteiger partial charge in [0.25, 0.3) is 0 Å². The maximum Gasteiger partial charge on any atom is 0.416 e. The number of nitrogens with zero attached hydrogens (tertiary/aromatic N) is 5. The molecule has 0 bridgehead atoms. The summed E-state index contributed by atoms with van der Waals surface area (Å²) in [7, 11) is 0. The summed E-state index contributed by atoms with van der Waals surface area (Å²) in [6.45, 7) is 4.42. The number of amides is 2. The first kappa shape index (κ1) is 29.4. The van der Waals surface area contributed by atoms with Crippen LogP contribution in [0.5, 0.6) is 0 Å². The average molecular weight is 625 g/mol. The Labute approximate surface area is 256 Å². The van der Waals surface area contributed by atoms with Crippen LogP contribution in [0.1, 0.15) is 30.0 Å². The molecule has 2 aromatic carbocycles. The quantitative estimate of drug-likeness (QED) is 0.238. The molecule has 1 saturated carbocycles. The molecule has 0 radical (unpaired) electrons. The van der Waals surface area contributed by atoms with E-state index in [9.17, 15) is 18.0 Å². The van der Waals surface area contributed by atoms with Crippen LogP contribution in [-0.2, 0) is 17.5 Å². The highest BCUT2D eigenvalue weighted by atomic mass is 19.4. The van der Waals surface area contributed by atoms with E-state index in [1.54, 1.807) is 6.07 Å². The van der Waals surface area contributed by atoms with Crippen molar-refractivity contribution in [2.24, 2.45) is 0 Å². The van der Waals surface area contributed by atoms with Crippen LogP contribution in [0.3, 0.4) is 0 Å². The van der Waals surface area contributed by atoms with Crippen molar-refractivity contribution in [1.82, 2.24) is 24.3 Å². The SMILES string of the molecule is Nc1ncnc2c1c(-c1ccc(NC(=O)Nc3ccc(CN4CCN(C5COC5)CC4)c(C(F)(F)F)c3)c(F)c1)cn2C1CC1. The Kier molecular flexibility index (Phi) is 7.58. The smallest absolute Gasteiger partial charge is 0.383 e. The van der Waals surface area contributed by atoms with Gasteiger partial charge in [-0.25, -0.2) is 19.2 Å². The zero-order chi connectivity index (χ0) is 31.3. The van der Waals surface area contributed by atoms with Crippen molar-refractivity contribution in [2.45, 2.75) is 37.6 Å². The van der Waals surface area contributed by atoms with E-state index in [2.05, 4.69) is 25.5 Å². The van der Waals surface area contributed by atoms with E-state index in [1.165, 1.54) is 30.6 Å². The van der Waals surface area contributed by atoms with Crippen LogP contribution in [0, 0.1) is 5.82 Å². The Morgan fingerprint density at radius 3 is 2.44 bits per heavy atom. The van der Waals surface area contributed by atoms with Gasteiger partial charge in [0.1, 0.15) is 23.6 Å². The Hall–Kier alpha value is -4.27. The summed E-state index contributed by atoms with van der Waals surface area (Å²) < 4.78 is 64.7. The van der Waals surface area contributed by atoms with E-state index in [4.69, 9.17) is 10.5 Å². The van der Waals surface area contributed by atoms with E-state index >= 15 is 4.39 Å². The van der Waals surface area contributed by atoms with Gasteiger partial charge in [0.05, 0.1) is 35.9 Å². The minimum absolute atomic E-state index is 0.0567. The van der Waals surface area contributed by atoms with Crippen LogP contribution in [0.15, 0.2) is 48.9 Å². The number of piperazine rings is 1. The zero-order valence-corrected chi connectivity index (χ0v) is 24.3. The lowest BCUT2D eigenvalue weighted by Gasteiger charge is -2.42. The number of anilines is 3. The van der Waals surface area contributed by atoms with Crippen molar-refractivity contribution in [3.63, 3.8) is 0 Å². The summed E-state index contributed by atoms with van der Waals surface area (Å²) in [5.41, 5.74) is 7.13. The Morgan fingerprint density at radius 1 is 1.00 bits per heavy atom. The Bertz CT molecular complexity index is 1740. The fourth-order valence-electron chi connectivity index (χ4n) is 6.04. The Morgan fingerprint density at radius 2 is 1.78 bits per heavy atom. The number of nitrogens with one attached hydrogen (secondary N) is 2. The third-order valence-electron chi connectivity index (χ3n) is 8.72. The molecule has 4 N–H and O–H groups in total. The molecule has 3 aliphatic rings. The number of aromatic nitrogens is 3. The van der Waals surface area contributed by atoms with Gasteiger partial charge >= 0.3 is 12.2 Å². The van der Waals surface area contributed by atoms with Crippen molar-refractivity contribution in [2.75, 3.05) is 55.8 Å². The van der Waals surface area contributed by atoms with E-state index < -0.39 is 23.6 Å². The van der Waals surface area contributed by atoms with E-state index in [0.29, 0.717) is 60.5 Å². The summed E-state index contributed by atoms with van der Waals surface area (Å²) in [5, 5.41) is 5.43. The van der Waals surface area contributed by atoms with Crippen LogP contribution in [0.25, 0.3) is 22.2 Å². The number of benzene rings is 2. The molecule has 10 nitrogen and oxygen atoms in total. The number of hydrogen-bond donors (Lipinski definition) is 3. The van der Waals surface area contributed by atoms with Crippen molar-refractivity contribution in [3.05, 3.63) is 65.9 Å². The highest BCUT2D eigenvalue weighted by Gasteiger charge is 2.35. The molecule has 2 amide bonds. The third-order valence-corrected chi connectivity index (χ3v) is 8.72. The molecule has 14 heteroatoms. The van der Waals surface area contributed by atoms with Gasteiger partial charge in [0, 0.05) is 56.2 Å². The second-order valence-electron chi connectivity index (χ2n) is 11.8. The summed E-state index contributed by atoms with van der Waals surface area (Å²) in [6.07, 6.45) is 0.690. The first-order chi connectivity index (χ1) is 21.6. The number of urea groups is 1. The summed E-state index contributed by atoms with van der Waals surface area (Å²) in [4.78, 5) is 25.5. The van der Waals surface area contributed by atoms with E-state index in [1.807, 2.05) is 15.7 Å². The fourth-order valence-corrected chi connectivity index (χ4v) is 6.04. The molecule has 2 aromatic heterocycles. The van der Waals surface area contributed by atoms with Crippen LogP contribution >= 0.6 is 0 Å². The standard InChI is InChI=1S/C31H32F4N8O2/c32-25-11-18(23-14-43(21-4-5-21)29-27(23)28(36)37-17-38-29)2-6-26(25)40-30(44)39-20-3-1-19(24(12-20)31(33,34)35)13-41-7-9-42(10-8-41)22-15-45-16-22/h1-3,6,11-12,14,17,21-22H,4-5,7-10,13,15-16H2,(H2,36,37,38)(H2,39,40,44). The van der Waals surface area contributed by atoms with Gasteiger partial charge in [-0.3, -0.25) is 9.80 Å². The lowest BCUT2D eigenvalue weighted by Crippen LogP contribution is -2.56. The van der Waals surface area contributed by atoms with Gasteiger partial charge in [-0.1, -0.05) is 12.1 Å². The minimum Gasteiger partial charge on any atom is -0.383 e. The van der Waals surface area contributed by atoms with Crippen LogP contribution in [0.4, 0.5) is 39.5 Å². The number of hydrogen-bond acceptors (Lipinski definition) is 7. The molecule has 7 rings (SSSR count). The van der Waals surface area contributed by atoms with Crippen molar-refractivity contribution in [1.29, 1.82) is 0 Å². The largest absolute Gasteiger partial charge is 0.416 e. The molecule has 4 heterocycles. The molecular weight excluding hydrogens is 592 g/mol. The maximum atomic E-state index is 15.2. The van der Waals surface area contributed by atoms with Gasteiger partial charge in [0.2, 0.25) is 0 Å². The molecule has 0 unspecified atom stereocenters. The van der Waals surface area contributed by atoms with Crippen molar-refractivity contribution < 1.29 is 27.1 Å². The highest BCUT2D eigenvalue weighted by molar-refractivity contribution is 6.02. The molecule has 0 spiro atoms.